The number of aliphatic hydroxyl groups is 1. The lowest BCUT2D eigenvalue weighted by atomic mass is 10.2. The Kier molecular flexibility index (Phi) is 5.67. The minimum absolute atomic E-state index is 0.0736. The maximum atomic E-state index is 12.1. The summed E-state index contributed by atoms with van der Waals surface area (Å²) in [6.07, 6.45) is 0. The fraction of sp³-hybridized carbons (Fsp3) is 0.500. The molecule has 0 bridgehead atoms. The van der Waals surface area contributed by atoms with Gasteiger partial charge in [-0.25, -0.2) is 4.79 Å². The first kappa shape index (κ1) is 15.9. The molecule has 2 amide bonds. The molecule has 1 heterocycles. The van der Waals surface area contributed by atoms with Crippen molar-refractivity contribution in [3.8, 4) is 0 Å². The van der Waals surface area contributed by atoms with E-state index in [-0.39, 0.29) is 19.2 Å². The van der Waals surface area contributed by atoms with E-state index in [1.165, 1.54) is 4.90 Å². The first-order valence-corrected chi connectivity index (χ1v) is 7.25. The van der Waals surface area contributed by atoms with Gasteiger partial charge < -0.3 is 25.0 Å². The van der Waals surface area contributed by atoms with Gasteiger partial charge in [-0.15, -0.1) is 0 Å². The van der Waals surface area contributed by atoms with E-state index in [0.717, 1.165) is 18.8 Å². The number of anilines is 2. The average molecular weight is 314 g/mol. The lowest BCUT2D eigenvalue weighted by Crippen LogP contribution is -2.38. The highest BCUT2D eigenvalue weighted by Crippen LogP contribution is 2.30. The van der Waals surface area contributed by atoms with Gasteiger partial charge >= 0.3 is 6.03 Å². The van der Waals surface area contributed by atoms with E-state index in [9.17, 15) is 4.79 Å². The number of ether oxygens (including phenoxy) is 1. The Labute approximate surface area is 129 Å². The highest BCUT2D eigenvalue weighted by atomic mass is 35.5. The summed E-state index contributed by atoms with van der Waals surface area (Å²) in [4.78, 5) is 15.6. The van der Waals surface area contributed by atoms with Crippen LogP contribution in [0.3, 0.4) is 0 Å². The van der Waals surface area contributed by atoms with E-state index < -0.39 is 0 Å². The monoisotopic (exact) mass is 313 g/mol. The van der Waals surface area contributed by atoms with Gasteiger partial charge in [-0.2, -0.15) is 0 Å². The van der Waals surface area contributed by atoms with E-state index in [1.54, 1.807) is 19.2 Å². The number of amides is 2. The smallest absolute Gasteiger partial charge is 0.321 e. The molecule has 0 atom stereocenters. The number of benzene rings is 1. The van der Waals surface area contributed by atoms with Crippen molar-refractivity contribution >= 4 is 29.0 Å². The van der Waals surface area contributed by atoms with Crippen LogP contribution in [0.5, 0.6) is 0 Å². The quantitative estimate of drug-likeness (QED) is 0.887. The third kappa shape index (κ3) is 4.23. The van der Waals surface area contributed by atoms with Gasteiger partial charge in [0.2, 0.25) is 0 Å². The molecule has 0 spiro atoms. The van der Waals surface area contributed by atoms with Gasteiger partial charge in [0.1, 0.15) is 0 Å². The zero-order valence-electron chi connectivity index (χ0n) is 12.0. The van der Waals surface area contributed by atoms with Crippen LogP contribution in [0.2, 0.25) is 5.02 Å². The van der Waals surface area contributed by atoms with Crippen molar-refractivity contribution in [3.63, 3.8) is 0 Å². The van der Waals surface area contributed by atoms with Crippen LogP contribution in [0, 0.1) is 0 Å². The Hall–Kier alpha value is -1.50. The Morgan fingerprint density at radius 2 is 2.19 bits per heavy atom. The highest BCUT2D eigenvalue weighted by Gasteiger charge is 2.17. The summed E-state index contributed by atoms with van der Waals surface area (Å²) in [6, 6.07) is 5.16. The van der Waals surface area contributed by atoms with Crippen molar-refractivity contribution in [2.75, 3.05) is 56.7 Å². The number of carbonyl (C=O) groups is 1. The Bertz CT molecular complexity index is 492. The number of aliphatic hydroxyl groups excluding tert-OH is 1. The molecule has 0 unspecified atom stereocenters. The van der Waals surface area contributed by atoms with E-state index in [1.807, 2.05) is 6.07 Å². The zero-order chi connectivity index (χ0) is 15.2. The fourth-order valence-corrected chi connectivity index (χ4v) is 2.32. The van der Waals surface area contributed by atoms with Gasteiger partial charge in [0.25, 0.3) is 0 Å². The first-order valence-electron chi connectivity index (χ1n) is 6.87. The molecule has 1 aliphatic heterocycles. The van der Waals surface area contributed by atoms with Gasteiger partial charge in [0.15, 0.2) is 0 Å². The average Bonchev–Trinajstić information content (AvgIpc) is 2.48. The van der Waals surface area contributed by atoms with Gasteiger partial charge in [-0.05, 0) is 18.2 Å². The van der Waals surface area contributed by atoms with E-state index in [2.05, 4.69) is 10.2 Å². The van der Waals surface area contributed by atoms with Crippen molar-refractivity contribution in [2.45, 2.75) is 0 Å². The summed E-state index contributed by atoms with van der Waals surface area (Å²) in [5.74, 6) is 0. The van der Waals surface area contributed by atoms with Crippen molar-refractivity contribution in [1.29, 1.82) is 0 Å². The Balaban J connectivity index is 2.16. The molecule has 21 heavy (non-hydrogen) atoms. The number of nitrogens with zero attached hydrogens (tertiary/aromatic N) is 2. The van der Waals surface area contributed by atoms with Crippen LogP contribution in [0.4, 0.5) is 16.2 Å². The number of hydrogen-bond donors (Lipinski definition) is 2. The fourth-order valence-electron chi connectivity index (χ4n) is 2.15. The number of likely N-dealkylation sites (N-methyl/N-ethyl adjacent to an activating group) is 1. The maximum absolute atomic E-state index is 12.1. The summed E-state index contributed by atoms with van der Waals surface area (Å²) in [7, 11) is 1.63. The molecule has 1 aliphatic rings. The summed E-state index contributed by atoms with van der Waals surface area (Å²) in [5.41, 5.74) is 1.59. The molecule has 1 aromatic carbocycles. The number of morpholine rings is 1. The van der Waals surface area contributed by atoms with Crippen LogP contribution >= 0.6 is 11.6 Å². The molecule has 0 radical (unpaired) electrons. The van der Waals surface area contributed by atoms with Crippen LogP contribution in [0.15, 0.2) is 18.2 Å². The van der Waals surface area contributed by atoms with Crippen molar-refractivity contribution < 1.29 is 14.6 Å². The van der Waals surface area contributed by atoms with Gasteiger partial charge in [0, 0.05) is 31.7 Å². The summed E-state index contributed by atoms with van der Waals surface area (Å²) < 4.78 is 5.34. The van der Waals surface area contributed by atoms with Crippen molar-refractivity contribution in [1.82, 2.24) is 4.90 Å². The van der Waals surface area contributed by atoms with Crippen molar-refractivity contribution in [3.05, 3.63) is 23.2 Å². The summed E-state index contributed by atoms with van der Waals surface area (Å²) >= 11 is 6.03. The van der Waals surface area contributed by atoms with Crippen LogP contribution in [-0.2, 0) is 4.74 Å². The van der Waals surface area contributed by atoms with Gasteiger partial charge in [-0.3, -0.25) is 0 Å². The lowest BCUT2D eigenvalue weighted by molar-refractivity contribution is 0.123. The molecule has 116 valence electrons. The third-order valence-electron chi connectivity index (χ3n) is 3.33. The highest BCUT2D eigenvalue weighted by molar-refractivity contribution is 6.31. The second-order valence-corrected chi connectivity index (χ2v) is 5.27. The second-order valence-electron chi connectivity index (χ2n) is 4.84. The van der Waals surface area contributed by atoms with Crippen LogP contribution in [-0.4, -0.2) is 62.5 Å². The molecule has 0 aliphatic carbocycles. The van der Waals surface area contributed by atoms with Crippen LogP contribution in [0.25, 0.3) is 0 Å². The summed E-state index contributed by atoms with van der Waals surface area (Å²) in [6.45, 7) is 3.09. The predicted octanol–water partition coefficient (Wildman–Crippen LogP) is 1.63. The molecule has 1 saturated heterocycles. The third-order valence-corrected chi connectivity index (χ3v) is 3.57. The molecule has 0 saturated carbocycles. The Morgan fingerprint density at radius 3 is 2.86 bits per heavy atom. The molecule has 1 aromatic rings. The van der Waals surface area contributed by atoms with Crippen LogP contribution in [0.1, 0.15) is 0 Å². The molecule has 0 aromatic heterocycles. The second kappa shape index (κ2) is 7.49. The predicted molar refractivity (Wildman–Crippen MR) is 83.2 cm³/mol. The lowest BCUT2D eigenvalue weighted by Gasteiger charge is -2.31. The zero-order valence-corrected chi connectivity index (χ0v) is 12.8. The van der Waals surface area contributed by atoms with Gasteiger partial charge in [-0.1, -0.05) is 11.6 Å². The van der Waals surface area contributed by atoms with Crippen LogP contribution < -0.4 is 10.2 Å². The first-order chi connectivity index (χ1) is 10.1. The van der Waals surface area contributed by atoms with E-state index in [0.29, 0.717) is 23.9 Å². The minimum atomic E-state index is -0.277. The largest absolute Gasteiger partial charge is 0.395 e. The number of carbonyl (C=O) groups excluding carboxylic acids is 1. The molecular formula is C14H20ClN3O3. The molecule has 1 fully saturated rings. The molecule has 2 rings (SSSR count). The molecule has 6 nitrogen and oxygen atoms in total. The SMILES string of the molecule is CN(CCO)C(=O)Nc1cc(Cl)ccc1N1CCOCC1. The number of hydrogen-bond acceptors (Lipinski definition) is 4. The van der Waals surface area contributed by atoms with Gasteiger partial charge in [0.05, 0.1) is 31.2 Å². The molecular weight excluding hydrogens is 294 g/mol. The molecule has 7 heteroatoms. The number of urea groups is 1. The summed E-state index contributed by atoms with van der Waals surface area (Å²) in [5, 5.41) is 12.3. The van der Waals surface area contributed by atoms with E-state index in [4.69, 9.17) is 21.4 Å². The standard InChI is InChI=1S/C14H20ClN3O3/c1-17(4-7-19)14(20)16-12-10-11(15)2-3-13(12)18-5-8-21-9-6-18/h2-3,10,19H,4-9H2,1H3,(H,16,20). The number of nitrogens with one attached hydrogen (secondary N) is 1. The number of rotatable bonds is 4. The minimum Gasteiger partial charge on any atom is -0.395 e. The topological polar surface area (TPSA) is 65.0 Å². The molecule has 2 N–H and O–H groups in total. The Morgan fingerprint density at radius 1 is 1.48 bits per heavy atom. The maximum Gasteiger partial charge on any atom is 0.321 e. The van der Waals surface area contributed by atoms with E-state index >= 15 is 0 Å². The van der Waals surface area contributed by atoms with Crippen molar-refractivity contribution in [2.24, 2.45) is 0 Å². The number of halogens is 1. The normalized spacial score (nSPS) is 14.9.